The van der Waals surface area contributed by atoms with E-state index in [0.717, 1.165) is 54.7 Å². The Hall–Kier alpha value is -2.01. The maximum atomic E-state index is 11.5. The summed E-state index contributed by atoms with van der Waals surface area (Å²) in [6.45, 7) is 3.22. The highest BCUT2D eigenvalue weighted by Crippen LogP contribution is 2.27. The van der Waals surface area contributed by atoms with Gasteiger partial charge in [0, 0.05) is 29.8 Å². The summed E-state index contributed by atoms with van der Waals surface area (Å²) in [5.41, 5.74) is 3.75. The van der Waals surface area contributed by atoms with Crippen molar-refractivity contribution in [2.75, 3.05) is 6.61 Å². The number of carbonyl (C=O) groups is 1. The zero-order valence-electron chi connectivity index (χ0n) is 16.1. The lowest BCUT2D eigenvalue weighted by Crippen LogP contribution is -2.18. The number of esters is 1. The van der Waals surface area contributed by atoms with E-state index in [2.05, 4.69) is 16.7 Å². The number of fused-ring (bicyclic) bond motifs is 1. The molecule has 0 radical (unpaired) electrons. The second kappa shape index (κ2) is 9.79. The third-order valence-corrected chi connectivity index (χ3v) is 5.42. The van der Waals surface area contributed by atoms with Crippen molar-refractivity contribution < 1.29 is 9.53 Å². The van der Waals surface area contributed by atoms with Crippen LogP contribution in [0.4, 0.5) is 0 Å². The molecule has 1 aliphatic rings. The average Bonchev–Trinajstić information content (AvgIpc) is 2.70. The molecule has 1 aromatic heterocycles. The van der Waals surface area contributed by atoms with E-state index < -0.39 is 0 Å². The van der Waals surface area contributed by atoms with Crippen molar-refractivity contribution in [2.45, 2.75) is 64.8 Å². The Bertz CT molecular complexity index is 830. The number of hydrogen-bond donors (Lipinski definition) is 0. The molecule has 27 heavy (non-hydrogen) atoms. The van der Waals surface area contributed by atoms with E-state index in [-0.39, 0.29) is 5.97 Å². The maximum Gasteiger partial charge on any atom is 0.305 e. The Morgan fingerprint density at radius 3 is 2.70 bits per heavy atom. The van der Waals surface area contributed by atoms with Crippen molar-refractivity contribution in [3.63, 3.8) is 0 Å². The Labute approximate surface area is 166 Å². The van der Waals surface area contributed by atoms with E-state index in [4.69, 9.17) is 21.9 Å². The van der Waals surface area contributed by atoms with E-state index in [1.54, 1.807) is 0 Å². The third kappa shape index (κ3) is 5.04. The van der Waals surface area contributed by atoms with Crippen molar-refractivity contribution >= 4 is 18.2 Å². The molecular weight excluding hydrogens is 356 g/mol. The van der Waals surface area contributed by atoms with Gasteiger partial charge >= 0.3 is 5.97 Å². The van der Waals surface area contributed by atoms with E-state index >= 15 is 0 Å². The number of carbonyl (C=O) groups excluding carboxylic acids is 1. The second-order valence-electron chi connectivity index (χ2n) is 7.01. The summed E-state index contributed by atoms with van der Waals surface area (Å²) in [6, 6.07) is 10.3. The molecule has 5 heteroatoms. The summed E-state index contributed by atoms with van der Waals surface area (Å²) in [4.78, 5) is 16.3. The summed E-state index contributed by atoms with van der Waals surface area (Å²) in [5, 5.41) is 0. The fraction of sp³-hybridized carbons (Fsp3) is 0.500. The number of benzene rings is 1. The van der Waals surface area contributed by atoms with Gasteiger partial charge in [-0.25, -0.2) is 4.98 Å². The molecular formula is C22H28N2O2S. The molecule has 0 amide bonds. The number of hydrogen-bond acceptors (Lipinski definition) is 4. The minimum atomic E-state index is -0.0929. The van der Waals surface area contributed by atoms with Crippen LogP contribution in [0.25, 0.3) is 11.4 Å². The van der Waals surface area contributed by atoms with Gasteiger partial charge in [0.25, 0.3) is 0 Å². The number of nitrogens with zero attached hydrogens (tertiary/aromatic N) is 2. The summed E-state index contributed by atoms with van der Waals surface area (Å²) in [7, 11) is 0. The van der Waals surface area contributed by atoms with Crippen molar-refractivity contribution in [2.24, 2.45) is 0 Å². The fourth-order valence-electron chi connectivity index (χ4n) is 3.77. The standard InChI is InChI=1S/C22H28N2O2S/c1-2-26-20(25)15-7-4-10-16-24-19-14-9-8-13-18(19)22(27)23-21(24)17-11-5-3-6-12-17/h3,5-6,11-12H,2,4,7-10,13-16H2,1H3. The highest BCUT2D eigenvalue weighted by Gasteiger charge is 2.19. The smallest absolute Gasteiger partial charge is 0.305 e. The minimum Gasteiger partial charge on any atom is -0.466 e. The van der Waals surface area contributed by atoms with Gasteiger partial charge in [0.15, 0.2) is 0 Å². The highest BCUT2D eigenvalue weighted by atomic mass is 32.1. The van der Waals surface area contributed by atoms with Crippen LogP contribution >= 0.6 is 12.2 Å². The number of aromatic nitrogens is 2. The van der Waals surface area contributed by atoms with Crippen LogP contribution in [0.2, 0.25) is 0 Å². The largest absolute Gasteiger partial charge is 0.466 e. The molecule has 0 saturated carbocycles. The van der Waals surface area contributed by atoms with Crippen LogP contribution in [0.3, 0.4) is 0 Å². The van der Waals surface area contributed by atoms with Crippen LogP contribution in [0.1, 0.15) is 56.7 Å². The number of rotatable bonds is 8. The van der Waals surface area contributed by atoms with Crippen LogP contribution < -0.4 is 0 Å². The first-order chi connectivity index (χ1) is 13.2. The Morgan fingerprint density at radius 1 is 1.15 bits per heavy atom. The van der Waals surface area contributed by atoms with Crippen LogP contribution in [-0.2, 0) is 28.9 Å². The molecule has 0 saturated heterocycles. The SMILES string of the molecule is CCOC(=O)CCCCCn1c(-c2ccccc2)nc(=S)c2c1CCCC2. The molecule has 4 nitrogen and oxygen atoms in total. The lowest BCUT2D eigenvalue weighted by atomic mass is 9.96. The summed E-state index contributed by atoms with van der Waals surface area (Å²) < 4.78 is 8.15. The minimum absolute atomic E-state index is 0.0929. The van der Waals surface area contributed by atoms with Crippen molar-refractivity contribution in [1.82, 2.24) is 9.55 Å². The molecule has 3 rings (SSSR count). The fourth-order valence-corrected chi connectivity index (χ4v) is 4.07. The highest BCUT2D eigenvalue weighted by molar-refractivity contribution is 7.71. The molecule has 0 spiro atoms. The van der Waals surface area contributed by atoms with E-state index in [9.17, 15) is 4.79 Å². The molecule has 0 unspecified atom stereocenters. The molecule has 144 valence electrons. The molecule has 1 aliphatic carbocycles. The Kier molecular flexibility index (Phi) is 7.16. The van der Waals surface area contributed by atoms with Crippen LogP contribution in [0, 0.1) is 4.64 Å². The van der Waals surface area contributed by atoms with Gasteiger partial charge in [0.1, 0.15) is 10.5 Å². The summed E-state index contributed by atoms with van der Waals surface area (Å²) in [6.07, 6.45) is 7.92. The lowest BCUT2D eigenvalue weighted by molar-refractivity contribution is -0.143. The van der Waals surface area contributed by atoms with Gasteiger partial charge in [-0.2, -0.15) is 0 Å². The van der Waals surface area contributed by atoms with E-state index in [1.807, 2.05) is 25.1 Å². The average molecular weight is 385 g/mol. The lowest BCUT2D eigenvalue weighted by Gasteiger charge is -2.24. The maximum absolute atomic E-state index is 11.5. The number of unbranched alkanes of at least 4 members (excludes halogenated alkanes) is 2. The van der Waals surface area contributed by atoms with Gasteiger partial charge < -0.3 is 9.30 Å². The van der Waals surface area contributed by atoms with Crippen molar-refractivity contribution in [1.29, 1.82) is 0 Å². The summed E-state index contributed by atoms with van der Waals surface area (Å²) in [5.74, 6) is 0.885. The zero-order chi connectivity index (χ0) is 19.1. The normalized spacial score (nSPS) is 13.2. The van der Waals surface area contributed by atoms with Crippen molar-refractivity contribution in [3.8, 4) is 11.4 Å². The first-order valence-corrected chi connectivity index (χ1v) is 10.4. The van der Waals surface area contributed by atoms with Gasteiger partial charge in [0.2, 0.25) is 0 Å². The topological polar surface area (TPSA) is 44.1 Å². The predicted octanol–water partition coefficient (Wildman–Crippen LogP) is 5.28. The molecule has 0 N–H and O–H groups in total. The van der Waals surface area contributed by atoms with Gasteiger partial charge in [0.05, 0.1) is 6.61 Å². The second-order valence-corrected chi connectivity index (χ2v) is 7.39. The monoisotopic (exact) mass is 384 g/mol. The first kappa shape index (κ1) is 19.7. The van der Waals surface area contributed by atoms with Crippen LogP contribution in [0.15, 0.2) is 30.3 Å². The molecule has 0 aliphatic heterocycles. The van der Waals surface area contributed by atoms with Gasteiger partial charge in [-0.05, 0) is 45.4 Å². The Morgan fingerprint density at radius 2 is 1.93 bits per heavy atom. The molecule has 1 heterocycles. The van der Waals surface area contributed by atoms with E-state index in [1.165, 1.54) is 24.1 Å². The van der Waals surface area contributed by atoms with Crippen LogP contribution in [0.5, 0.6) is 0 Å². The summed E-state index contributed by atoms with van der Waals surface area (Å²) >= 11 is 5.62. The van der Waals surface area contributed by atoms with E-state index in [0.29, 0.717) is 13.0 Å². The molecule has 1 aromatic carbocycles. The predicted molar refractivity (Wildman–Crippen MR) is 110 cm³/mol. The Balaban J connectivity index is 1.78. The van der Waals surface area contributed by atoms with Crippen LogP contribution in [-0.4, -0.2) is 22.1 Å². The quantitative estimate of drug-likeness (QED) is 0.353. The van der Waals surface area contributed by atoms with Gasteiger partial charge in [-0.15, -0.1) is 0 Å². The van der Waals surface area contributed by atoms with Crippen molar-refractivity contribution in [3.05, 3.63) is 46.2 Å². The molecule has 2 aromatic rings. The molecule has 0 fully saturated rings. The molecule has 0 bridgehead atoms. The molecule has 0 atom stereocenters. The zero-order valence-corrected chi connectivity index (χ0v) is 16.9. The first-order valence-electron chi connectivity index (χ1n) is 10.0. The third-order valence-electron chi connectivity index (χ3n) is 5.09. The number of ether oxygens (including phenoxy) is 1. The van der Waals surface area contributed by atoms with Gasteiger partial charge in [-0.3, -0.25) is 4.79 Å². The van der Waals surface area contributed by atoms with Gasteiger partial charge in [-0.1, -0.05) is 49.0 Å².